The molecule has 5 heteroatoms. The Hall–Kier alpha value is -2.07. The largest absolute Gasteiger partial charge is 0.334 e. The highest BCUT2D eigenvalue weighted by Crippen LogP contribution is 2.10. The van der Waals surface area contributed by atoms with Gasteiger partial charge in [-0.15, -0.1) is 0 Å². The number of halogens is 1. The van der Waals surface area contributed by atoms with Gasteiger partial charge in [-0.2, -0.15) is 0 Å². The first kappa shape index (κ1) is 13.4. The van der Waals surface area contributed by atoms with E-state index in [2.05, 4.69) is 15.6 Å². The van der Waals surface area contributed by atoms with Crippen LogP contribution in [0.5, 0.6) is 0 Å². The van der Waals surface area contributed by atoms with E-state index in [0.29, 0.717) is 17.3 Å². The lowest BCUT2D eigenvalue weighted by atomic mass is 10.2. The van der Waals surface area contributed by atoms with Crippen molar-refractivity contribution in [3.8, 4) is 0 Å². The second kappa shape index (κ2) is 6.20. The molecule has 0 bridgehead atoms. The van der Waals surface area contributed by atoms with Crippen molar-refractivity contribution >= 4 is 23.3 Å². The third-order valence-corrected chi connectivity index (χ3v) is 2.75. The Balaban J connectivity index is 1.86. The highest BCUT2D eigenvalue weighted by molar-refractivity contribution is 6.30. The second-order valence-electron chi connectivity index (χ2n) is 4.13. The minimum absolute atomic E-state index is 0.273. The van der Waals surface area contributed by atoms with E-state index >= 15 is 0 Å². The Kier molecular flexibility index (Phi) is 4.36. The highest BCUT2D eigenvalue weighted by atomic mass is 35.5. The summed E-state index contributed by atoms with van der Waals surface area (Å²) in [4.78, 5) is 15.8. The normalized spacial score (nSPS) is 10.0. The lowest BCUT2D eigenvalue weighted by molar-refractivity contribution is 0.251. The molecule has 2 rings (SSSR count). The molecule has 0 saturated heterocycles. The van der Waals surface area contributed by atoms with Gasteiger partial charge in [-0.25, -0.2) is 4.79 Å². The first-order valence-corrected chi connectivity index (χ1v) is 6.23. The molecular weight excluding hydrogens is 262 g/mol. The molecule has 0 aliphatic rings. The number of nitrogens with one attached hydrogen (secondary N) is 2. The van der Waals surface area contributed by atoms with Gasteiger partial charge in [0.1, 0.15) is 0 Å². The van der Waals surface area contributed by atoms with Crippen LogP contribution in [0, 0.1) is 6.92 Å². The van der Waals surface area contributed by atoms with Crippen molar-refractivity contribution in [1.29, 1.82) is 0 Å². The number of pyridine rings is 1. The monoisotopic (exact) mass is 275 g/mol. The summed E-state index contributed by atoms with van der Waals surface area (Å²) in [7, 11) is 0. The summed E-state index contributed by atoms with van der Waals surface area (Å²) in [6.45, 7) is 2.31. The third-order valence-electron chi connectivity index (χ3n) is 2.51. The average molecular weight is 276 g/mol. The van der Waals surface area contributed by atoms with Gasteiger partial charge < -0.3 is 10.6 Å². The van der Waals surface area contributed by atoms with Crippen molar-refractivity contribution in [2.75, 3.05) is 5.32 Å². The molecule has 1 aromatic heterocycles. The quantitative estimate of drug-likeness (QED) is 0.902. The lowest BCUT2D eigenvalue weighted by Gasteiger charge is -2.07. The van der Waals surface area contributed by atoms with Crippen molar-refractivity contribution in [1.82, 2.24) is 10.3 Å². The zero-order valence-electron chi connectivity index (χ0n) is 10.5. The van der Waals surface area contributed by atoms with Crippen molar-refractivity contribution in [3.05, 3.63) is 58.9 Å². The Morgan fingerprint density at radius 3 is 2.84 bits per heavy atom. The zero-order valence-corrected chi connectivity index (χ0v) is 11.2. The number of carbonyl (C=O) groups is 1. The molecular formula is C14H14ClN3O. The molecule has 0 radical (unpaired) electrons. The van der Waals surface area contributed by atoms with Gasteiger partial charge in [-0.05, 0) is 36.8 Å². The van der Waals surface area contributed by atoms with Crippen LogP contribution in [0.4, 0.5) is 10.5 Å². The number of aryl methyl sites for hydroxylation is 1. The predicted molar refractivity (Wildman–Crippen MR) is 76.3 cm³/mol. The fourth-order valence-electron chi connectivity index (χ4n) is 1.55. The molecule has 4 nitrogen and oxygen atoms in total. The standard InChI is InChI=1S/C14H14ClN3O/c1-10-5-6-13(9-16-10)18-14(19)17-8-11-3-2-4-12(15)7-11/h2-7,9H,8H2,1H3,(H2,17,18,19). The minimum atomic E-state index is -0.273. The van der Waals surface area contributed by atoms with Crippen LogP contribution in [0.15, 0.2) is 42.6 Å². The summed E-state index contributed by atoms with van der Waals surface area (Å²) in [5.74, 6) is 0. The Morgan fingerprint density at radius 2 is 2.16 bits per heavy atom. The van der Waals surface area contributed by atoms with Crippen LogP contribution >= 0.6 is 11.6 Å². The molecule has 0 unspecified atom stereocenters. The van der Waals surface area contributed by atoms with Crippen molar-refractivity contribution in [2.45, 2.75) is 13.5 Å². The lowest BCUT2D eigenvalue weighted by Crippen LogP contribution is -2.28. The molecule has 1 aromatic carbocycles. The molecule has 0 aliphatic heterocycles. The van der Waals surface area contributed by atoms with Crippen LogP contribution in [0.1, 0.15) is 11.3 Å². The minimum Gasteiger partial charge on any atom is -0.334 e. The van der Waals surface area contributed by atoms with Crippen LogP contribution in [0.2, 0.25) is 5.02 Å². The molecule has 0 aliphatic carbocycles. The number of amides is 2. The maximum atomic E-state index is 11.7. The van der Waals surface area contributed by atoms with E-state index in [1.165, 1.54) is 0 Å². The summed E-state index contributed by atoms with van der Waals surface area (Å²) < 4.78 is 0. The summed E-state index contributed by atoms with van der Waals surface area (Å²) in [5.41, 5.74) is 2.52. The zero-order chi connectivity index (χ0) is 13.7. The van der Waals surface area contributed by atoms with Gasteiger partial charge >= 0.3 is 6.03 Å². The van der Waals surface area contributed by atoms with Gasteiger partial charge in [0.05, 0.1) is 11.9 Å². The van der Waals surface area contributed by atoms with Crippen LogP contribution < -0.4 is 10.6 Å². The third kappa shape index (κ3) is 4.26. The molecule has 0 atom stereocenters. The number of hydrogen-bond acceptors (Lipinski definition) is 2. The number of rotatable bonds is 3. The number of anilines is 1. The van der Waals surface area contributed by atoms with Crippen LogP contribution in [-0.2, 0) is 6.54 Å². The number of aromatic nitrogens is 1. The summed E-state index contributed by atoms with van der Waals surface area (Å²) in [6.07, 6.45) is 1.62. The first-order valence-electron chi connectivity index (χ1n) is 5.85. The Morgan fingerprint density at radius 1 is 1.32 bits per heavy atom. The molecule has 19 heavy (non-hydrogen) atoms. The molecule has 2 amide bonds. The maximum Gasteiger partial charge on any atom is 0.319 e. The van der Waals surface area contributed by atoms with Crippen molar-refractivity contribution < 1.29 is 4.79 Å². The smallest absolute Gasteiger partial charge is 0.319 e. The number of urea groups is 1. The molecule has 2 N–H and O–H groups in total. The van der Waals surface area contributed by atoms with Crippen LogP contribution in [-0.4, -0.2) is 11.0 Å². The number of carbonyl (C=O) groups excluding carboxylic acids is 1. The summed E-state index contributed by atoms with van der Waals surface area (Å²) >= 11 is 5.87. The summed E-state index contributed by atoms with van der Waals surface area (Å²) in [6, 6.07) is 10.7. The molecule has 0 saturated carbocycles. The molecule has 0 spiro atoms. The Labute approximate surface area is 116 Å². The highest BCUT2D eigenvalue weighted by Gasteiger charge is 2.02. The van der Waals surface area contributed by atoms with Crippen molar-refractivity contribution in [3.63, 3.8) is 0 Å². The van der Waals surface area contributed by atoms with Gasteiger partial charge in [0, 0.05) is 17.3 Å². The van der Waals surface area contributed by atoms with Gasteiger partial charge in [0.2, 0.25) is 0 Å². The maximum absolute atomic E-state index is 11.7. The van der Waals surface area contributed by atoms with Crippen LogP contribution in [0.3, 0.4) is 0 Å². The van der Waals surface area contributed by atoms with E-state index in [9.17, 15) is 4.79 Å². The summed E-state index contributed by atoms with van der Waals surface area (Å²) in [5, 5.41) is 6.12. The molecule has 0 fully saturated rings. The number of benzene rings is 1. The first-order chi connectivity index (χ1) is 9.13. The van der Waals surface area contributed by atoms with Crippen LogP contribution in [0.25, 0.3) is 0 Å². The fourth-order valence-corrected chi connectivity index (χ4v) is 1.76. The SMILES string of the molecule is Cc1ccc(NC(=O)NCc2cccc(Cl)c2)cn1. The van der Waals surface area contributed by atoms with Gasteiger partial charge in [0.25, 0.3) is 0 Å². The van der Waals surface area contributed by atoms with E-state index in [1.54, 1.807) is 18.3 Å². The van der Waals surface area contributed by atoms with Gasteiger partial charge in [-0.3, -0.25) is 4.98 Å². The van der Waals surface area contributed by atoms with Gasteiger partial charge in [0.15, 0.2) is 0 Å². The predicted octanol–water partition coefficient (Wildman–Crippen LogP) is 3.37. The molecule has 98 valence electrons. The van der Waals surface area contributed by atoms with E-state index in [4.69, 9.17) is 11.6 Å². The number of hydrogen-bond donors (Lipinski definition) is 2. The van der Waals surface area contributed by atoms with E-state index in [1.807, 2.05) is 31.2 Å². The molecule has 1 heterocycles. The Bertz CT molecular complexity index is 569. The van der Waals surface area contributed by atoms with E-state index in [-0.39, 0.29) is 6.03 Å². The van der Waals surface area contributed by atoms with E-state index < -0.39 is 0 Å². The topological polar surface area (TPSA) is 54.0 Å². The number of nitrogens with zero attached hydrogens (tertiary/aromatic N) is 1. The van der Waals surface area contributed by atoms with E-state index in [0.717, 1.165) is 11.3 Å². The second-order valence-corrected chi connectivity index (χ2v) is 4.56. The van der Waals surface area contributed by atoms with Crippen molar-refractivity contribution in [2.24, 2.45) is 0 Å². The average Bonchev–Trinajstić information content (AvgIpc) is 2.39. The molecule has 2 aromatic rings. The van der Waals surface area contributed by atoms with Gasteiger partial charge in [-0.1, -0.05) is 23.7 Å². The fraction of sp³-hybridized carbons (Fsp3) is 0.143.